The number of carbonyl (C=O) groups is 4. The normalized spacial score (nSPS) is 28.7. The van der Waals surface area contributed by atoms with Crippen LogP contribution in [0.15, 0.2) is 22.3 Å². The molecule has 148 valence electrons. The van der Waals surface area contributed by atoms with E-state index < -0.39 is 23.9 Å². The van der Waals surface area contributed by atoms with Gasteiger partial charge in [-0.3, -0.25) is 0 Å². The van der Waals surface area contributed by atoms with Gasteiger partial charge in [0, 0.05) is 22.3 Å². The van der Waals surface area contributed by atoms with Gasteiger partial charge in [-0.15, -0.1) is 0 Å². The van der Waals surface area contributed by atoms with Crippen LogP contribution in [0.4, 0.5) is 0 Å². The lowest BCUT2D eigenvalue weighted by Gasteiger charge is -2.29. The molecule has 0 aromatic rings. The Balaban J connectivity index is 2.29. The molecule has 0 fully saturated rings. The number of aliphatic carboxylic acids is 2. The van der Waals surface area contributed by atoms with Crippen molar-refractivity contribution in [2.45, 2.75) is 53.4 Å². The third-order valence-electron chi connectivity index (χ3n) is 5.97. The van der Waals surface area contributed by atoms with E-state index in [1.54, 1.807) is 0 Å². The molecule has 0 aromatic heterocycles. The van der Waals surface area contributed by atoms with Crippen molar-refractivity contribution in [3.8, 4) is 0 Å². The molecule has 27 heavy (non-hydrogen) atoms. The standard InChI is InChI=1S/C20H26O7/c1-9-5-13(17(21)22)15(7-11(9)3)19(25)27-20(26)16-8-12(4)10(2)6-14(16)18(23)24/h9-12H,5-8H2,1-4H3,(H,21,22)(H,23,24). The Hall–Kier alpha value is -2.44. The van der Waals surface area contributed by atoms with Crippen LogP contribution >= 0.6 is 0 Å². The maximum Gasteiger partial charge on any atom is 0.342 e. The van der Waals surface area contributed by atoms with Crippen LogP contribution in [0.2, 0.25) is 0 Å². The Bertz CT molecular complexity index is 681. The van der Waals surface area contributed by atoms with Crippen LogP contribution in [0.5, 0.6) is 0 Å². The molecule has 0 aromatic carbocycles. The molecule has 0 heterocycles. The second-order valence-corrected chi connectivity index (χ2v) is 7.93. The van der Waals surface area contributed by atoms with Crippen LogP contribution in [0, 0.1) is 23.7 Å². The van der Waals surface area contributed by atoms with Crippen LogP contribution in [0.3, 0.4) is 0 Å². The van der Waals surface area contributed by atoms with Crippen LogP contribution in [0.25, 0.3) is 0 Å². The van der Waals surface area contributed by atoms with Crippen LogP contribution in [-0.4, -0.2) is 34.1 Å². The summed E-state index contributed by atoms with van der Waals surface area (Å²) in [6, 6.07) is 0. The molecule has 4 atom stereocenters. The minimum absolute atomic E-state index is 0.00356. The van der Waals surface area contributed by atoms with Gasteiger partial charge in [0.05, 0.1) is 0 Å². The maximum atomic E-state index is 12.5. The van der Waals surface area contributed by atoms with Crippen molar-refractivity contribution in [2.24, 2.45) is 23.7 Å². The summed E-state index contributed by atoms with van der Waals surface area (Å²) >= 11 is 0. The van der Waals surface area contributed by atoms with Crippen molar-refractivity contribution in [1.29, 1.82) is 0 Å². The fourth-order valence-electron chi connectivity index (χ4n) is 3.64. The lowest BCUT2D eigenvalue weighted by molar-refractivity contribution is -0.155. The van der Waals surface area contributed by atoms with E-state index in [4.69, 9.17) is 4.74 Å². The predicted octanol–water partition coefficient (Wildman–Crippen LogP) is 2.95. The summed E-state index contributed by atoms with van der Waals surface area (Å²) in [4.78, 5) is 48.0. The Labute approximate surface area is 158 Å². The number of carboxylic acid groups (broad SMARTS) is 2. The van der Waals surface area contributed by atoms with Gasteiger partial charge in [0.2, 0.25) is 0 Å². The fourth-order valence-corrected chi connectivity index (χ4v) is 3.64. The van der Waals surface area contributed by atoms with E-state index in [-0.39, 0.29) is 71.6 Å². The zero-order valence-corrected chi connectivity index (χ0v) is 16.1. The summed E-state index contributed by atoms with van der Waals surface area (Å²) in [6.07, 6.45) is 0.889. The molecule has 2 aliphatic rings. The van der Waals surface area contributed by atoms with Gasteiger partial charge in [-0.05, 0) is 49.4 Å². The second kappa shape index (κ2) is 8.06. The van der Waals surface area contributed by atoms with Crippen molar-refractivity contribution in [2.75, 3.05) is 0 Å². The average Bonchev–Trinajstić information content (AvgIpc) is 2.58. The molecule has 0 radical (unpaired) electrons. The molecule has 0 saturated carbocycles. The summed E-state index contributed by atoms with van der Waals surface area (Å²) in [5.41, 5.74) is -0.0692. The highest BCUT2D eigenvalue weighted by atomic mass is 16.6. The van der Waals surface area contributed by atoms with E-state index >= 15 is 0 Å². The number of rotatable bonds is 4. The van der Waals surface area contributed by atoms with Gasteiger partial charge in [0.15, 0.2) is 0 Å². The summed E-state index contributed by atoms with van der Waals surface area (Å²) in [5.74, 6) is -4.00. The molecular weight excluding hydrogens is 352 g/mol. The zero-order chi connectivity index (χ0) is 20.5. The van der Waals surface area contributed by atoms with E-state index in [1.807, 2.05) is 27.7 Å². The first kappa shape index (κ1) is 20.9. The molecule has 0 saturated heterocycles. The Morgan fingerprint density at radius 3 is 1.15 bits per heavy atom. The zero-order valence-electron chi connectivity index (χ0n) is 16.1. The molecule has 0 aliphatic heterocycles. The van der Waals surface area contributed by atoms with Crippen LogP contribution in [0.1, 0.15) is 53.4 Å². The van der Waals surface area contributed by atoms with Gasteiger partial charge >= 0.3 is 23.9 Å². The van der Waals surface area contributed by atoms with E-state index in [9.17, 15) is 29.4 Å². The summed E-state index contributed by atoms with van der Waals surface area (Å²) in [6.45, 7) is 7.64. The lowest BCUT2D eigenvalue weighted by Crippen LogP contribution is -2.29. The van der Waals surface area contributed by atoms with Crippen LogP contribution in [-0.2, 0) is 23.9 Å². The molecular formula is C20H26O7. The molecule has 2 rings (SSSR count). The van der Waals surface area contributed by atoms with Crippen molar-refractivity contribution in [3.05, 3.63) is 22.3 Å². The Morgan fingerprint density at radius 1 is 0.630 bits per heavy atom. The molecule has 2 aliphatic carbocycles. The van der Waals surface area contributed by atoms with Crippen LogP contribution < -0.4 is 0 Å². The monoisotopic (exact) mass is 378 g/mol. The molecule has 0 spiro atoms. The van der Waals surface area contributed by atoms with E-state index in [0.717, 1.165) is 0 Å². The highest BCUT2D eigenvalue weighted by molar-refractivity contribution is 6.08. The van der Waals surface area contributed by atoms with Gasteiger partial charge in [-0.2, -0.15) is 0 Å². The van der Waals surface area contributed by atoms with Crippen molar-refractivity contribution < 1.29 is 34.1 Å². The third kappa shape index (κ3) is 4.46. The third-order valence-corrected chi connectivity index (χ3v) is 5.97. The summed E-state index contributed by atoms with van der Waals surface area (Å²) in [7, 11) is 0. The highest BCUT2D eigenvalue weighted by Gasteiger charge is 2.36. The number of carbonyl (C=O) groups excluding carboxylic acids is 2. The number of ether oxygens (including phenoxy) is 1. The second-order valence-electron chi connectivity index (χ2n) is 7.93. The van der Waals surface area contributed by atoms with Crippen molar-refractivity contribution >= 4 is 23.9 Å². The Morgan fingerprint density at radius 2 is 0.889 bits per heavy atom. The fraction of sp³-hybridized carbons (Fsp3) is 0.600. The van der Waals surface area contributed by atoms with Crippen molar-refractivity contribution in [1.82, 2.24) is 0 Å². The molecule has 7 nitrogen and oxygen atoms in total. The molecule has 0 bridgehead atoms. The molecule has 0 amide bonds. The molecule has 4 unspecified atom stereocenters. The molecule has 2 N–H and O–H groups in total. The minimum Gasteiger partial charge on any atom is -0.478 e. The first-order chi connectivity index (χ1) is 12.5. The number of carboxylic acids is 2. The topological polar surface area (TPSA) is 118 Å². The van der Waals surface area contributed by atoms with Gasteiger partial charge in [-0.1, -0.05) is 27.7 Å². The number of hydrogen-bond acceptors (Lipinski definition) is 5. The van der Waals surface area contributed by atoms with Gasteiger partial charge in [-0.25, -0.2) is 19.2 Å². The quantitative estimate of drug-likeness (QED) is 0.570. The summed E-state index contributed by atoms with van der Waals surface area (Å²) in [5, 5.41) is 18.8. The minimum atomic E-state index is -1.20. The van der Waals surface area contributed by atoms with E-state index in [0.29, 0.717) is 0 Å². The van der Waals surface area contributed by atoms with E-state index in [1.165, 1.54) is 0 Å². The van der Waals surface area contributed by atoms with Gasteiger partial charge in [0.1, 0.15) is 0 Å². The number of hydrogen-bond donors (Lipinski definition) is 2. The first-order valence-corrected chi connectivity index (χ1v) is 9.20. The average molecular weight is 378 g/mol. The predicted molar refractivity (Wildman–Crippen MR) is 95.5 cm³/mol. The number of esters is 2. The SMILES string of the molecule is CC1CC(C(=O)O)=C(C(=O)OC(=O)C2=C(C(=O)O)CC(C)C(C)C2)CC1C. The van der Waals surface area contributed by atoms with Crippen molar-refractivity contribution in [3.63, 3.8) is 0 Å². The van der Waals surface area contributed by atoms with E-state index in [2.05, 4.69) is 0 Å². The summed E-state index contributed by atoms with van der Waals surface area (Å²) < 4.78 is 4.94. The largest absolute Gasteiger partial charge is 0.478 e. The molecule has 7 heteroatoms. The highest BCUT2D eigenvalue weighted by Crippen LogP contribution is 2.36. The maximum absolute atomic E-state index is 12.5. The smallest absolute Gasteiger partial charge is 0.342 e. The Kier molecular flexibility index (Phi) is 6.23. The first-order valence-electron chi connectivity index (χ1n) is 9.20. The lowest BCUT2D eigenvalue weighted by atomic mass is 9.77. The van der Waals surface area contributed by atoms with Gasteiger partial charge in [0.25, 0.3) is 0 Å². The van der Waals surface area contributed by atoms with Gasteiger partial charge < -0.3 is 14.9 Å².